The topological polar surface area (TPSA) is 73.2 Å². The van der Waals surface area contributed by atoms with Crippen molar-refractivity contribution in [2.24, 2.45) is 0 Å². The molecule has 5 heteroatoms. The summed E-state index contributed by atoms with van der Waals surface area (Å²) in [4.78, 5) is 0. The van der Waals surface area contributed by atoms with Gasteiger partial charge in [-0.3, -0.25) is 5.10 Å². The lowest BCUT2D eigenvalue weighted by Gasteiger charge is -2.16. The Balaban J connectivity index is 2.12. The van der Waals surface area contributed by atoms with E-state index in [-0.39, 0.29) is 6.10 Å². The van der Waals surface area contributed by atoms with Crippen LogP contribution in [0, 0.1) is 0 Å². The van der Waals surface area contributed by atoms with Crippen molar-refractivity contribution in [2.75, 3.05) is 12.3 Å². The highest BCUT2D eigenvalue weighted by molar-refractivity contribution is 5.29. The van der Waals surface area contributed by atoms with Crippen LogP contribution < -0.4 is 5.73 Å². The molecule has 2 heterocycles. The Labute approximate surface area is 76.2 Å². The first-order valence-electron chi connectivity index (χ1n) is 4.19. The Morgan fingerprint density at radius 2 is 2.46 bits per heavy atom. The maximum atomic E-state index is 5.60. The van der Waals surface area contributed by atoms with E-state index in [2.05, 4.69) is 10.2 Å². The molecule has 0 saturated carbocycles. The molecule has 0 aromatic carbocycles. The Hall–Kier alpha value is -1.07. The monoisotopic (exact) mass is 183 g/mol. The molecule has 1 aromatic heterocycles. The van der Waals surface area contributed by atoms with Gasteiger partial charge in [0.15, 0.2) is 5.79 Å². The highest BCUT2D eigenvalue weighted by atomic mass is 16.7. The van der Waals surface area contributed by atoms with Gasteiger partial charge in [0.05, 0.1) is 12.3 Å². The SMILES string of the molecule is CC1(C)OCC(c2cc(N)n[nH]2)O1. The van der Waals surface area contributed by atoms with Gasteiger partial charge in [-0.1, -0.05) is 0 Å². The first-order valence-corrected chi connectivity index (χ1v) is 4.19. The molecule has 1 aromatic rings. The second-order valence-corrected chi connectivity index (χ2v) is 3.57. The molecule has 1 unspecified atom stereocenters. The first kappa shape index (κ1) is 8.52. The summed E-state index contributed by atoms with van der Waals surface area (Å²) >= 11 is 0. The number of rotatable bonds is 1. The minimum atomic E-state index is -0.509. The molecule has 0 radical (unpaired) electrons. The molecule has 0 amide bonds. The summed E-state index contributed by atoms with van der Waals surface area (Å²) in [6.07, 6.45) is -0.0835. The van der Waals surface area contributed by atoms with Crippen LogP contribution in [0.3, 0.4) is 0 Å². The summed E-state index contributed by atoms with van der Waals surface area (Å²) in [6, 6.07) is 1.76. The van der Waals surface area contributed by atoms with Crippen LogP contribution in [0.1, 0.15) is 25.6 Å². The Morgan fingerprint density at radius 1 is 1.69 bits per heavy atom. The summed E-state index contributed by atoms with van der Waals surface area (Å²) in [5, 5.41) is 6.63. The number of aromatic amines is 1. The molecule has 13 heavy (non-hydrogen) atoms. The molecule has 0 aliphatic carbocycles. The van der Waals surface area contributed by atoms with E-state index in [1.165, 1.54) is 0 Å². The molecule has 1 saturated heterocycles. The van der Waals surface area contributed by atoms with Crippen molar-refractivity contribution in [3.63, 3.8) is 0 Å². The van der Waals surface area contributed by atoms with E-state index in [0.29, 0.717) is 12.4 Å². The molecular formula is C8H13N3O2. The van der Waals surface area contributed by atoms with Crippen LogP contribution >= 0.6 is 0 Å². The zero-order chi connectivity index (χ0) is 9.47. The van der Waals surface area contributed by atoms with Crippen LogP contribution in [0.25, 0.3) is 0 Å². The minimum absolute atomic E-state index is 0.0835. The van der Waals surface area contributed by atoms with Crippen LogP contribution in [0.5, 0.6) is 0 Å². The molecule has 0 bridgehead atoms. The Kier molecular flexibility index (Phi) is 1.78. The van der Waals surface area contributed by atoms with E-state index in [0.717, 1.165) is 5.69 Å². The number of anilines is 1. The summed E-state index contributed by atoms with van der Waals surface area (Å²) in [5.41, 5.74) is 6.34. The number of nitrogens with one attached hydrogen (secondary N) is 1. The predicted octanol–water partition coefficient (Wildman–Crippen LogP) is 0.816. The fraction of sp³-hybridized carbons (Fsp3) is 0.625. The molecule has 1 aliphatic heterocycles. The third kappa shape index (κ3) is 1.66. The lowest BCUT2D eigenvalue weighted by Crippen LogP contribution is -2.19. The summed E-state index contributed by atoms with van der Waals surface area (Å²) in [6.45, 7) is 4.30. The number of hydrogen-bond donors (Lipinski definition) is 2. The molecule has 72 valence electrons. The number of H-pyrrole nitrogens is 1. The van der Waals surface area contributed by atoms with Gasteiger partial charge in [0.2, 0.25) is 0 Å². The highest BCUT2D eigenvalue weighted by Crippen LogP contribution is 2.31. The molecule has 1 aliphatic rings. The van der Waals surface area contributed by atoms with Crippen molar-refractivity contribution in [2.45, 2.75) is 25.7 Å². The van der Waals surface area contributed by atoms with Gasteiger partial charge in [0.25, 0.3) is 0 Å². The number of nitrogens with two attached hydrogens (primary N) is 1. The summed E-state index contributed by atoms with van der Waals surface area (Å²) < 4.78 is 11.0. The fourth-order valence-corrected chi connectivity index (χ4v) is 1.36. The zero-order valence-corrected chi connectivity index (χ0v) is 7.70. The second-order valence-electron chi connectivity index (χ2n) is 3.57. The van der Waals surface area contributed by atoms with Gasteiger partial charge in [-0.15, -0.1) is 0 Å². The fourth-order valence-electron chi connectivity index (χ4n) is 1.36. The van der Waals surface area contributed by atoms with Crippen LogP contribution in [-0.2, 0) is 9.47 Å². The average Bonchev–Trinajstić information content (AvgIpc) is 2.56. The molecule has 5 nitrogen and oxygen atoms in total. The lowest BCUT2D eigenvalue weighted by molar-refractivity contribution is -0.139. The minimum Gasteiger partial charge on any atom is -0.382 e. The number of ether oxygens (including phenoxy) is 2. The van der Waals surface area contributed by atoms with E-state index >= 15 is 0 Å². The van der Waals surface area contributed by atoms with Crippen molar-refractivity contribution >= 4 is 5.82 Å². The highest BCUT2D eigenvalue weighted by Gasteiger charge is 2.34. The van der Waals surface area contributed by atoms with Crippen molar-refractivity contribution in [1.29, 1.82) is 0 Å². The van der Waals surface area contributed by atoms with E-state index in [4.69, 9.17) is 15.2 Å². The van der Waals surface area contributed by atoms with Gasteiger partial charge >= 0.3 is 0 Å². The van der Waals surface area contributed by atoms with Crippen LogP contribution in [0.2, 0.25) is 0 Å². The van der Waals surface area contributed by atoms with Crippen molar-refractivity contribution in [3.8, 4) is 0 Å². The molecule has 1 fully saturated rings. The molecular weight excluding hydrogens is 170 g/mol. The second kappa shape index (κ2) is 2.71. The maximum absolute atomic E-state index is 5.60. The molecule has 3 N–H and O–H groups in total. The third-order valence-electron chi connectivity index (χ3n) is 1.97. The number of hydrogen-bond acceptors (Lipinski definition) is 4. The van der Waals surface area contributed by atoms with Gasteiger partial charge in [0, 0.05) is 6.07 Å². The Bertz CT molecular complexity index is 308. The summed E-state index contributed by atoms with van der Waals surface area (Å²) in [5.74, 6) is -0.0341. The third-order valence-corrected chi connectivity index (χ3v) is 1.97. The van der Waals surface area contributed by atoms with E-state index < -0.39 is 5.79 Å². The molecule has 0 spiro atoms. The van der Waals surface area contributed by atoms with Gasteiger partial charge < -0.3 is 15.2 Å². The zero-order valence-electron chi connectivity index (χ0n) is 7.70. The van der Waals surface area contributed by atoms with Crippen LogP contribution in [0.4, 0.5) is 5.82 Å². The van der Waals surface area contributed by atoms with E-state index in [9.17, 15) is 0 Å². The lowest BCUT2D eigenvalue weighted by atomic mass is 10.3. The number of aromatic nitrogens is 2. The number of nitrogen functional groups attached to an aromatic ring is 1. The largest absolute Gasteiger partial charge is 0.382 e. The van der Waals surface area contributed by atoms with Gasteiger partial charge in [0.1, 0.15) is 11.9 Å². The van der Waals surface area contributed by atoms with E-state index in [1.54, 1.807) is 6.07 Å². The normalized spacial score (nSPS) is 26.5. The predicted molar refractivity (Wildman–Crippen MR) is 46.9 cm³/mol. The van der Waals surface area contributed by atoms with Crippen LogP contribution in [0.15, 0.2) is 6.07 Å². The quantitative estimate of drug-likeness (QED) is 0.676. The average molecular weight is 183 g/mol. The standard InChI is InChI=1S/C8H13N3O2/c1-8(2)12-4-6(13-8)5-3-7(9)11-10-5/h3,6H,4H2,1-2H3,(H3,9,10,11). The smallest absolute Gasteiger partial charge is 0.163 e. The Morgan fingerprint density at radius 3 is 2.92 bits per heavy atom. The van der Waals surface area contributed by atoms with Crippen molar-refractivity contribution in [3.05, 3.63) is 11.8 Å². The van der Waals surface area contributed by atoms with Gasteiger partial charge in [-0.05, 0) is 13.8 Å². The summed E-state index contributed by atoms with van der Waals surface area (Å²) in [7, 11) is 0. The van der Waals surface area contributed by atoms with Crippen molar-refractivity contribution < 1.29 is 9.47 Å². The van der Waals surface area contributed by atoms with Crippen LogP contribution in [-0.4, -0.2) is 22.6 Å². The molecule has 2 rings (SSSR count). The molecule has 1 atom stereocenters. The van der Waals surface area contributed by atoms with Crippen molar-refractivity contribution in [1.82, 2.24) is 10.2 Å². The maximum Gasteiger partial charge on any atom is 0.163 e. The van der Waals surface area contributed by atoms with Gasteiger partial charge in [-0.2, -0.15) is 5.10 Å². The number of nitrogens with zero attached hydrogens (tertiary/aromatic N) is 1. The van der Waals surface area contributed by atoms with E-state index in [1.807, 2.05) is 13.8 Å². The van der Waals surface area contributed by atoms with Gasteiger partial charge in [-0.25, -0.2) is 0 Å². The first-order chi connectivity index (χ1) is 6.07.